The SMILES string of the molecule is O=C(O)Cn1nnnc1-c1cnc2ccccc2n1. The highest BCUT2D eigenvalue weighted by Gasteiger charge is 2.13. The molecule has 3 aromatic rings. The molecule has 0 saturated carbocycles. The molecule has 0 unspecified atom stereocenters. The lowest BCUT2D eigenvalue weighted by Gasteiger charge is -2.02. The minimum absolute atomic E-state index is 0.278. The topological polar surface area (TPSA) is 107 Å². The summed E-state index contributed by atoms with van der Waals surface area (Å²) in [5.41, 5.74) is 1.89. The van der Waals surface area contributed by atoms with Crippen molar-refractivity contribution in [2.24, 2.45) is 0 Å². The molecule has 0 aliphatic heterocycles. The summed E-state index contributed by atoms with van der Waals surface area (Å²) in [6.07, 6.45) is 1.52. The largest absolute Gasteiger partial charge is 0.480 e. The van der Waals surface area contributed by atoms with Gasteiger partial charge in [0, 0.05) is 0 Å². The van der Waals surface area contributed by atoms with Crippen molar-refractivity contribution < 1.29 is 9.90 Å². The van der Waals surface area contributed by atoms with E-state index in [0.29, 0.717) is 11.2 Å². The number of carboxylic acids is 1. The molecule has 0 atom stereocenters. The lowest BCUT2D eigenvalue weighted by Crippen LogP contribution is -2.12. The number of hydrogen-bond donors (Lipinski definition) is 1. The molecule has 0 aliphatic carbocycles. The average molecular weight is 256 g/mol. The van der Waals surface area contributed by atoms with E-state index in [-0.39, 0.29) is 12.4 Å². The van der Waals surface area contributed by atoms with Crippen molar-refractivity contribution >= 4 is 17.0 Å². The van der Waals surface area contributed by atoms with Crippen molar-refractivity contribution in [3.05, 3.63) is 30.5 Å². The van der Waals surface area contributed by atoms with Crippen LogP contribution in [0.2, 0.25) is 0 Å². The van der Waals surface area contributed by atoms with Crippen LogP contribution in [0.25, 0.3) is 22.6 Å². The van der Waals surface area contributed by atoms with Crippen LogP contribution >= 0.6 is 0 Å². The molecule has 0 spiro atoms. The van der Waals surface area contributed by atoms with Crippen LogP contribution < -0.4 is 0 Å². The summed E-state index contributed by atoms with van der Waals surface area (Å²) >= 11 is 0. The van der Waals surface area contributed by atoms with Gasteiger partial charge in [-0.2, -0.15) is 0 Å². The van der Waals surface area contributed by atoms with Gasteiger partial charge < -0.3 is 5.11 Å². The first-order chi connectivity index (χ1) is 9.24. The van der Waals surface area contributed by atoms with Crippen LogP contribution in [-0.2, 0) is 11.3 Å². The predicted octanol–water partition coefficient (Wildman–Crippen LogP) is 0.368. The number of nitrogens with zero attached hydrogens (tertiary/aromatic N) is 6. The molecule has 1 aromatic carbocycles. The predicted molar refractivity (Wildman–Crippen MR) is 64.0 cm³/mol. The zero-order valence-corrected chi connectivity index (χ0v) is 9.63. The number of carboxylic acid groups (broad SMARTS) is 1. The van der Waals surface area contributed by atoms with Gasteiger partial charge in [0.2, 0.25) is 5.82 Å². The summed E-state index contributed by atoms with van der Waals surface area (Å²) in [6.45, 7) is -0.323. The van der Waals surface area contributed by atoms with Gasteiger partial charge in [-0.1, -0.05) is 12.1 Å². The first-order valence-electron chi connectivity index (χ1n) is 5.44. The Morgan fingerprint density at radius 3 is 2.84 bits per heavy atom. The van der Waals surface area contributed by atoms with Gasteiger partial charge in [0.1, 0.15) is 12.2 Å². The van der Waals surface area contributed by atoms with Gasteiger partial charge in [-0.15, -0.1) is 5.10 Å². The second-order valence-electron chi connectivity index (χ2n) is 3.80. The lowest BCUT2D eigenvalue weighted by atomic mass is 10.3. The van der Waals surface area contributed by atoms with Crippen molar-refractivity contribution in [3.63, 3.8) is 0 Å². The van der Waals surface area contributed by atoms with E-state index < -0.39 is 5.97 Å². The third kappa shape index (κ3) is 2.10. The monoisotopic (exact) mass is 256 g/mol. The molecule has 0 fully saturated rings. The molecule has 8 nitrogen and oxygen atoms in total. The molecule has 94 valence electrons. The summed E-state index contributed by atoms with van der Waals surface area (Å²) in [5, 5.41) is 19.6. The number of fused-ring (bicyclic) bond motifs is 1. The van der Waals surface area contributed by atoms with Crippen LogP contribution in [-0.4, -0.2) is 41.3 Å². The highest BCUT2D eigenvalue weighted by Crippen LogP contribution is 2.15. The summed E-state index contributed by atoms with van der Waals surface area (Å²) in [4.78, 5) is 19.3. The van der Waals surface area contributed by atoms with E-state index in [1.54, 1.807) is 0 Å². The molecule has 2 heterocycles. The fourth-order valence-electron chi connectivity index (χ4n) is 1.69. The smallest absolute Gasteiger partial charge is 0.325 e. The standard InChI is InChI=1S/C11H8N6O2/c18-10(19)6-17-11(14-15-16-17)9-5-12-7-3-1-2-4-8(7)13-9/h1-5H,6H2,(H,18,19). The first kappa shape index (κ1) is 11.2. The van der Waals surface area contributed by atoms with Crippen LogP contribution in [0.1, 0.15) is 0 Å². The number of carbonyl (C=O) groups is 1. The van der Waals surface area contributed by atoms with Crippen LogP contribution in [0.4, 0.5) is 0 Å². The lowest BCUT2D eigenvalue weighted by molar-refractivity contribution is -0.137. The van der Waals surface area contributed by atoms with E-state index >= 15 is 0 Å². The highest BCUT2D eigenvalue weighted by molar-refractivity contribution is 5.76. The molecule has 0 aliphatic rings. The highest BCUT2D eigenvalue weighted by atomic mass is 16.4. The molecule has 3 rings (SSSR count). The average Bonchev–Trinajstić information content (AvgIpc) is 2.85. The van der Waals surface area contributed by atoms with E-state index in [1.165, 1.54) is 10.9 Å². The summed E-state index contributed by atoms with van der Waals surface area (Å²) in [7, 11) is 0. The van der Waals surface area contributed by atoms with Gasteiger partial charge in [0.25, 0.3) is 0 Å². The molecule has 8 heteroatoms. The maximum atomic E-state index is 10.7. The maximum Gasteiger partial charge on any atom is 0.325 e. The van der Waals surface area contributed by atoms with Gasteiger partial charge in [-0.05, 0) is 22.6 Å². The molecule has 0 radical (unpaired) electrons. The molecule has 0 amide bonds. The van der Waals surface area contributed by atoms with Crippen LogP contribution in [0.5, 0.6) is 0 Å². The zero-order valence-electron chi connectivity index (χ0n) is 9.63. The molecule has 1 N–H and O–H groups in total. The third-order valence-electron chi connectivity index (χ3n) is 2.49. The maximum absolute atomic E-state index is 10.7. The van der Waals surface area contributed by atoms with Gasteiger partial charge in [-0.3, -0.25) is 9.78 Å². The third-order valence-corrected chi connectivity index (χ3v) is 2.49. The Morgan fingerprint density at radius 1 is 1.26 bits per heavy atom. The number of aliphatic carboxylic acids is 1. The minimum Gasteiger partial charge on any atom is -0.480 e. The normalized spacial score (nSPS) is 10.7. The van der Waals surface area contributed by atoms with Gasteiger partial charge in [0.05, 0.1) is 17.2 Å². The zero-order chi connectivity index (χ0) is 13.2. The molecule has 0 bridgehead atoms. The Bertz CT molecular complexity index is 754. The number of aromatic nitrogens is 6. The van der Waals surface area contributed by atoms with E-state index in [4.69, 9.17) is 5.11 Å². The number of hydrogen-bond acceptors (Lipinski definition) is 6. The molecule has 0 saturated heterocycles. The number of rotatable bonds is 3. The van der Waals surface area contributed by atoms with Crippen molar-refractivity contribution in [3.8, 4) is 11.5 Å². The molecular formula is C11H8N6O2. The molecule has 2 aromatic heterocycles. The summed E-state index contributed by atoms with van der Waals surface area (Å²) < 4.78 is 1.17. The van der Waals surface area contributed by atoms with Gasteiger partial charge in [-0.25, -0.2) is 9.67 Å². The van der Waals surface area contributed by atoms with Crippen molar-refractivity contribution in [1.82, 2.24) is 30.2 Å². The van der Waals surface area contributed by atoms with Crippen molar-refractivity contribution in [2.75, 3.05) is 0 Å². The Labute approximate surface area is 106 Å². The van der Waals surface area contributed by atoms with Crippen LogP contribution in [0, 0.1) is 0 Å². The van der Waals surface area contributed by atoms with Crippen molar-refractivity contribution in [2.45, 2.75) is 6.54 Å². The Morgan fingerprint density at radius 2 is 2.05 bits per heavy atom. The van der Waals surface area contributed by atoms with E-state index in [0.717, 1.165) is 5.52 Å². The van der Waals surface area contributed by atoms with E-state index in [9.17, 15) is 4.79 Å². The summed E-state index contributed by atoms with van der Waals surface area (Å²) in [5.74, 6) is -0.747. The van der Waals surface area contributed by atoms with E-state index in [1.807, 2.05) is 24.3 Å². The number of tetrazole rings is 1. The first-order valence-corrected chi connectivity index (χ1v) is 5.44. The molecule has 19 heavy (non-hydrogen) atoms. The Hall–Kier alpha value is -2.90. The van der Waals surface area contributed by atoms with E-state index in [2.05, 4.69) is 25.5 Å². The van der Waals surface area contributed by atoms with Gasteiger partial charge >= 0.3 is 5.97 Å². The minimum atomic E-state index is -1.03. The van der Waals surface area contributed by atoms with Crippen LogP contribution in [0.15, 0.2) is 30.5 Å². The summed E-state index contributed by atoms with van der Waals surface area (Å²) in [6, 6.07) is 7.37. The van der Waals surface area contributed by atoms with Gasteiger partial charge in [0.15, 0.2) is 0 Å². The molecular weight excluding hydrogens is 248 g/mol. The Kier molecular flexibility index (Phi) is 2.60. The second kappa shape index (κ2) is 4.41. The van der Waals surface area contributed by atoms with Crippen molar-refractivity contribution in [1.29, 1.82) is 0 Å². The fraction of sp³-hybridized carbons (Fsp3) is 0.0909. The number of para-hydroxylation sites is 2. The van der Waals surface area contributed by atoms with Crippen LogP contribution in [0.3, 0.4) is 0 Å². The Balaban J connectivity index is 2.09. The fourth-order valence-corrected chi connectivity index (χ4v) is 1.69. The quantitative estimate of drug-likeness (QED) is 0.721. The number of benzene rings is 1. The second-order valence-corrected chi connectivity index (χ2v) is 3.80.